The van der Waals surface area contributed by atoms with E-state index in [0.717, 1.165) is 13.1 Å². The van der Waals surface area contributed by atoms with Crippen molar-refractivity contribution in [1.82, 2.24) is 20.9 Å². The van der Waals surface area contributed by atoms with Crippen LogP contribution in [0.3, 0.4) is 0 Å². The van der Waals surface area contributed by atoms with Crippen molar-refractivity contribution in [1.29, 1.82) is 0 Å². The second-order valence-corrected chi connectivity index (χ2v) is 5.14. The van der Waals surface area contributed by atoms with E-state index in [9.17, 15) is 4.79 Å². The average molecular weight is 242 g/mol. The van der Waals surface area contributed by atoms with Gasteiger partial charge in [-0.05, 0) is 27.8 Å². The summed E-state index contributed by atoms with van der Waals surface area (Å²) in [4.78, 5) is 14.0. The Kier molecular flexibility index (Phi) is 5.88. The van der Waals surface area contributed by atoms with Crippen LogP contribution in [0.5, 0.6) is 0 Å². The molecule has 0 spiro atoms. The fourth-order valence-corrected chi connectivity index (χ4v) is 1.70. The number of likely N-dealkylation sites (N-methyl/N-ethyl adjacent to an activating group) is 1. The molecule has 0 aromatic carbocycles. The van der Waals surface area contributed by atoms with E-state index in [-0.39, 0.29) is 11.9 Å². The molecule has 1 heterocycles. The highest BCUT2D eigenvalue weighted by Gasteiger charge is 2.22. The van der Waals surface area contributed by atoms with Gasteiger partial charge in [0.05, 0.1) is 6.04 Å². The summed E-state index contributed by atoms with van der Waals surface area (Å²) in [5.41, 5.74) is 0. The van der Waals surface area contributed by atoms with Crippen LogP contribution in [0.1, 0.15) is 20.8 Å². The molecule has 3 N–H and O–H groups in total. The molecule has 1 saturated heterocycles. The topological polar surface area (TPSA) is 56.4 Å². The molecule has 5 heteroatoms. The molecule has 0 bridgehead atoms. The van der Waals surface area contributed by atoms with Crippen molar-refractivity contribution in [2.24, 2.45) is 0 Å². The Morgan fingerprint density at radius 1 is 1.41 bits per heavy atom. The number of amides is 1. The zero-order valence-corrected chi connectivity index (χ0v) is 11.4. The van der Waals surface area contributed by atoms with Crippen molar-refractivity contribution in [3.8, 4) is 0 Å². The summed E-state index contributed by atoms with van der Waals surface area (Å²) in [6, 6.07) is 0.879. The Hall–Kier alpha value is -0.650. The van der Waals surface area contributed by atoms with Crippen molar-refractivity contribution < 1.29 is 4.79 Å². The first kappa shape index (κ1) is 14.4. The maximum absolute atomic E-state index is 11.8. The molecule has 1 fully saturated rings. The van der Waals surface area contributed by atoms with E-state index in [1.807, 2.05) is 0 Å². The van der Waals surface area contributed by atoms with E-state index in [0.29, 0.717) is 25.2 Å². The van der Waals surface area contributed by atoms with Gasteiger partial charge in [0, 0.05) is 38.3 Å². The zero-order valence-electron chi connectivity index (χ0n) is 11.4. The number of rotatable bonds is 5. The third kappa shape index (κ3) is 5.02. The van der Waals surface area contributed by atoms with E-state index in [1.165, 1.54) is 0 Å². The van der Waals surface area contributed by atoms with E-state index >= 15 is 0 Å². The predicted molar refractivity (Wildman–Crippen MR) is 70.0 cm³/mol. The summed E-state index contributed by atoms with van der Waals surface area (Å²) < 4.78 is 0. The Balaban J connectivity index is 2.17. The molecule has 5 nitrogen and oxygen atoms in total. The molecular formula is C12H26N4O. The highest BCUT2D eigenvalue weighted by molar-refractivity contribution is 5.82. The van der Waals surface area contributed by atoms with Crippen molar-refractivity contribution >= 4 is 5.91 Å². The van der Waals surface area contributed by atoms with Gasteiger partial charge in [0.1, 0.15) is 0 Å². The van der Waals surface area contributed by atoms with Crippen LogP contribution in [0.15, 0.2) is 0 Å². The fraction of sp³-hybridized carbons (Fsp3) is 0.917. The van der Waals surface area contributed by atoms with E-state index in [1.54, 1.807) is 0 Å². The van der Waals surface area contributed by atoms with Gasteiger partial charge in [0.25, 0.3) is 0 Å². The van der Waals surface area contributed by atoms with Gasteiger partial charge in [0.2, 0.25) is 5.91 Å². The van der Waals surface area contributed by atoms with Crippen LogP contribution in [0.4, 0.5) is 0 Å². The van der Waals surface area contributed by atoms with E-state index < -0.39 is 0 Å². The van der Waals surface area contributed by atoms with Gasteiger partial charge in [-0.2, -0.15) is 0 Å². The summed E-state index contributed by atoms with van der Waals surface area (Å²) >= 11 is 0. The molecule has 0 saturated carbocycles. The largest absolute Gasteiger partial charge is 0.353 e. The molecule has 2 atom stereocenters. The number of carbonyl (C=O) groups excluding carboxylic acids is 1. The van der Waals surface area contributed by atoms with Crippen LogP contribution in [-0.4, -0.2) is 62.2 Å². The highest BCUT2D eigenvalue weighted by Crippen LogP contribution is 1.94. The van der Waals surface area contributed by atoms with Crippen LogP contribution >= 0.6 is 0 Å². The standard InChI is InChI=1S/C12H26N4O/c1-9(2)16(4)6-5-13-12(17)11-8-14-10(3)7-15-11/h9-11,14-15H,5-8H2,1-4H3,(H,13,17). The quantitative estimate of drug-likeness (QED) is 0.602. The van der Waals surface area contributed by atoms with E-state index in [4.69, 9.17) is 0 Å². The van der Waals surface area contributed by atoms with Gasteiger partial charge < -0.3 is 20.9 Å². The SMILES string of the molecule is CC1CNC(C(=O)NCCN(C)C(C)C)CN1. The second kappa shape index (κ2) is 6.93. The van der Waals surface area contributed by atoms with Crippen LogP contribution in [-0.2, 0) is 4.79 Å². The smallest absolute Gasteiger partial charge is 0.238 e. The molecule has 1 aliphatic rings. The normalized spacial score (nSPS) is 25.3. The number of nitrogens with zero attached hydrogens (tertiary/aromatic N) is 1. The summed E-state index contributed by atoms with van der Waals surface area (Å²) in [6.45, 7) is 9.57. The zero-order chi connectivity index (χ0) is 12.8. The van der Waals surface area contributed by atoms with Gasteiger partial charge in [-0.3, -0.25) is 4.79 Å². The van der Waals surface area contributed by atoms with Crippen LogP contribution in [0, 0.1) is 0 Å². The first-order chi connectivity index (χ1) is 8.00. The maximum atomic E-state index is 11.8. The van der Waals surface area contributed by atoms with Gasteiger partial charge in [0.15, 0.2) is 0 Å². The fourth-order valence-electron chi connectivity index (χ4n) is 1.70. The lowest BCUT2D eigenvalue weighted by atomic mass is 10.1. The van der Waals surface area contributed by atoms with Crippen molar-refractivity contribution in [2.75, 3.05) is 33.2 Å². The molecule has 0 radical (unpaired) electrons. The first-order valence-corrected chi connectivity index (χ1v) is 6.45. The Morgan fingerprint density at radius 2 is 2.12 bits per heavy atom. The Bertz CT molecular complexity index is 237. The lowest BCUT2D eigenvalue weighted by Gasteiger charge is -2.28. The number of nitrogens with one attached hydrogen (secondary N) is 3. The lowest BCUT2D eigenvalue weighted by Crippen LogP contribution is -2.59. The minimum absolute atomic E-state index is 0.0874. The molecule has 100 valence electrons. The number of hydrogen-bond donors (Lipinski definition) is 3. The highest BCUT2D eigenvalue weighted by atomic mass is 16.2. The lowest BCUT2D eigenvalue weighted by molar-refractivity contribution is -0.123. The first-order valence-electron chi connectivity index (χ1n) is 6.45. The van der Waals surface area contributed by atoms with E-state index in [2.05, 4.69) is 48.7 Å². The molecular weight excluding hydrogens is 216 g/mol. The molecule has 17 heavy (non-hydrogen) atoms. The van der Waals surface area contributed by atoms with Crippen LogP contribution < -0.4 is 16.0 Å². The van der Waals surface area contributed by atoms with Gasteiger partial charge >= 0.3 is 0 Å². The third-order valence-electron chi connectivity index (χ3n) is 3.30. The molecule has 1 rings (SSSR count). The van der Waals surface area contributed by atoms with Crippen LogP contribution in [0.25, 0.3) is 0 Å². The minimum atomic E-state index is -0.0874. The van der Waals surface area contributed by atoms with Crippen LogP contribution in [0.2, 0.25) is 0 Å². The Labute approximate surface area is 104 Å². The van der Waals surface area contributed by atoms with Gasteiger partial charge in [-0.15, -0.1) is 0 Å². The van der Waals surface area contributed by atoms with Crippen molar-refractivity contribution in [3.63, 3.8) is 0 Å². The number of carbonyl (C=O) groups is 1. The summed E-state index contributed by atoms with van der Waals surface area (Å²) in [7, 11) is 2.07. The third-order valence-corrected chi connectivity index (χ3v) is 3.30. The molecule has 0 aromatic rings. The summed E-state index contributed by atoms with van der Waals surface area (Å²) in [5, 5.41) is 9.51. The van der Waals surface area contributed by atoms with Crippen molar-refractivity contribution in [3.05, 3.63) is 0 Å². The average Bonchev–Trinajstić information content (AvgIpc) is 2.29. The Morgan fingerprint density at radius 3 is 2.65 bits per heavy atom. The van der Waals surface area contributed by atoms with Gasteiger partial charge in [-0.25, -0.2) is 0 Å². The number of piperazine rings is 1. The number of hydrogen-bond acceptors (Lipinski definition) is 4. The molecule has 2 unspecified atom stereocenters. The minimum Gasteiger partial charge on any atom is -0.353 e. The molecule has 1 amide bonds. The maximum Gasteiger partial charge on any atom is 0.238 e. The monoisotopic (exact) mass is 242 g/mol. The van der Waals surface area contributed by atoms with Gasteiger partial charge in [-0.1, -0.05) is 0 Å². The van der Waals surface area contributed by atoms with Crippen molar-refractivity contribution in [2.45, 2.75) is 38.9 Å². The molecule has 0 aliphatic carbocycles. The second-order valence-electron chi connectivity index (χ2n) is 5.14. The molecule has 0 aromatic heterocycles. The summed E-state index contributed by atoms with van der Waals surface area (Å²) in [5.74, 6) is 0.0987. The summed E-state index contributed by atoms with van der Waals surface area (Å²) in [6.07, 6.45) is 0. The molecule has 1 aliphatic heterocycles. The predicted octanol–water partition coefficient (Wildman–Crippen LogP) is -0.607.